The van der Waals surface area contributed by atoms with Crippen LogP contribution in [0.1, 0.15) is 11.1 Å². The molecule has 7 heteroatoms. The van der Waals surface area contributed by atoms with Crippen molar-refractivity contribution in [2.75, 3.05) is 12.4 Å². The highest BCUT2D eigenvalue weighted by molar-refractivity contribution is 6.39. The zero-order valence-corrected chi connectivity index (χ0v) is 13.2. The number of anilines is 1. The molecule has 0 aliphatic heterocycles. The minimum absolute atomic E-state index is 0.0510. The van der Waals surface area contributed by atoms with Crippen molar-refractivity contribution < 1.29 is 19.4 Å². The van der Waals surface area contributed by atoms with E-state index >= 15 is 0 Å². The van der Waals surface area contributed by atoms with Gasteiger partial charge in [0.05, 0.1) is 13.3 Å². The van der Waals surface area contributed by atoms with Crippen LogP contribution in [0.15, 0.2) is 47.6 Å². The molecule has 0 aliphatic carbocycles. The third-order valence-electron chi connectivity index (χ3n) is 3.10. The van der Waals surface area contributed by atoms with Crippen molar-refractivity contribution in [1.29, 1.82) is 0 Å². The maximum Gasteiger partial charge on any atom is 0.329 e. The summed E-state index contributed by atoms with van der Waals surface area (Å²) in [5, 5.41) is 15.8. The Kier molecular flexibility index (Phi) is 5.51. The lowest BCUT2D eigenvalue weighted by atomic mass is 10.2. The van der Waals surface area contributed by atoms with Gasteiger partial charge in [-0.2, -0.15) is 5.10 Å². The molecule has 0 bridgehead atoms. The molecule has 2 aromatic rings. The molecular weight excluding hydrogens is 310 g/mol. The van der Waals surface area contributed by atoms with Gasteiger partial charge in [0, 0.05) is 5.69 Å². The first-order chi connectivity index (χ1) is 11.5. The topological polar surface area (TPSA) is 100 Å². The van der Waals surface area contributed by atoms with Crippen molar-refractivity contribution >= 4 is 23.7 Å². The van der Waals surface area contributed by atoms with Gasteiger partial charge in [-0.15, -0.1) is 0 Å². The molecular formula is C17H17N3O4. The monoisotopic (exact) mass is 327 g/mol. The zero-order valence-electron chi connectivity index (χ0n) is 13.2. The highest BCUT2D eigenvalue weighted by Crippen LogP contribution is 2.25. The van der Waals surface area contributed by atoms with Gasteiger partial charge in [-0.1, -0.05) is 17.7 Å². The Hall–Kier alpha value is -3.35. The molecule has 7 nitrogen and oxygen atoms in total. The van der Waals surface area contributed by atoms with Gasteiger partial charge in [0.25, 0.3) is 0 Å². The minimum Gasteiger partial charge on any atom is -0.504 e. The van der Waals surface area contributed by atoms with Crippen LogP contribution in [0, 0.1) is 6.92 Å². The number of rotatable bonds is 4. The van der Waals surface area contributed by atoms with Gasteiger partial charge in [0.15, 0.2) is 11.5 Å². The molecule has 2 rings (SSSR count). The number of carbonyl (C=O) groups excluding carboxylic acids is 2. The number of nitrogens with zero attached hydrogens (tertiary/aromatic N) is 1. The summed E-state index contributed by atoms with van der Waals surface area (Å²) in [7, 11) is 1.44. The first-order valence-corrected chi connectivity index (χ1v) is 7.07. The molecule has 0 heterocycles. The van der Waals surface area contributed by atoms with Crippen LogP contribution in [0.2, 0.25) is 0 Å². The molecule has 0 atom stereocenters. The fourth-order valence-corrected chi connectivity index (χ4v) is 1.83. The highest BCUT2D eigenvalue weighted by atomic mass is 16.5. The molecule has 0 aliphatic rings. The van der Waals surface area contributed by atoms with E-state index in [1.165, 1.54) is 19.4 Å². The van der Waals surface area contributed by atoms with Crippen LogP contribution in [0.3, 0.4) is 0 Å². The Morgan fingerprint density at radius 2 is 1.83 bits per heavy atom. The zero-order chi connectivity index (χ0) is 17.5. The van der Waals surface area contributed by atoms with Crippen molar-refractivity contribution in [2.24, 2.45) is 5.10 Å². The summed E-state index contributed by atoms with van der Waals surface area (Å²) >= 11 is 0. The highest BCUT2D eigenvalue weighted by Gasteiger charge is 2.12. The van der Waals surface area contributed by atoms with Gasteiger partial charge >= 0.3 is 11.8 Å². The number of phenols is 1. The van der Waals surface area contributed by atoms with E-state index in [2.05, 4.69) is 15.8 Å². The standard InChI is InChI=1S/C17H17N3O4/c1-11-3-6-13(7-4-11)19-16(22)17(23)20-18-10-12-5-8-15(24-2)14(21)9-12/h3-10,21H,1-2H3,(H,19,22)(H,20,23)/b18-10-. The second kappa shape index (κ2) is 7.77. The van der Waals surface area contributed by atoms with E-state index in [0.717, 1.165) is 5.56 Å². The van der Waals surface area contributed by atoms with Crippen LogP contribution in [0.25, 0.3) is 0 Å². The van der Waals surface area contributed by atoms with E-state index in [1.807, 2.05) is 19.1 Å². The lowest BCUT2D eigenvalue weighted by Gasteiger charge is -2.04. The summed E-state index contributed by atoms with van der Waals surface area (Å²) in [5.74, 6) is -1.45. The molecule has 2 aromatic carbocycles. The average Bonchev–Trinajstić information content (AvgIpc) is 2.57. The largest absolute Gasteiger partial charge is 0.504 e. The lowest BCUT2D eigenvalue weighted by molar-refractivity contribution is -0.136. The predicted molar refractivity (Wildman–Crippen MR) is 90.2 cm³/mol. The SMILES string of the molecule is COc1ccc(/C=N\NC(=O)C(=O)Nc2ccc(C)cc2)cc1O. The molecule has 24 heavy (non-hydrogen) atoms. The summed E-state index contributed by atoms with van der Waals surface area (Å²) in [4.78, 5) is 23.4. The Bertz CT molecular complexity index is 770. The second-order valence-corrected chi connectivity index (χ2v) is 4.95. The maximum absolute atomic E-state index is 11.7. The van der Waals surface area contributed by atoms with Crippen molar-refractivity contribution in [3.05, 3.63) is 53.6 Å². The van der Waals surface area contributed by atoms with Crippen LogP contribution < -0.4 is 15.5 Å². The van der Waals surface area contributed by atoms with Crippen LogP contribution in [0.5, 0.6) is 11.5 Å². The van der Waals surface area contributed by atoms with Gasteiger partial charge < -0.3 is 15.2 Å². The molecule has 3 N–H and O–H groups in total. The van der Waals surface area contributed by atoms with E-state index in [0.29, 0.717) is 17.0 Å². The Labute approximate surface area is 139 Å². The number of aryl methyl sites for hydroxylation is 1. The van der Waals surface area contributed by atoms with Crippen LogP contribution >= 0.6 is 0 Å². The molecule has 0 unspecified atom stereocenters. The van der Waals surface area contributed by atoms with E-state index < -0.39 is 11.8 Å². The number of ether oxygens (including phenoxy) is 1. The molecule has 2 amide bonds. The first-order valence-electron chi connectivity index (χ1n) is 7.07. The Balaban J connectivity index is 1.90. The molecule has 0 spiro atoms. The molecule has 0 saturated carbocycles. The second-order valence-electron chi connectivity index (χ2n) is 4.95. The Morgan fingerprint density at radius 3 is 2.46 bits per heavy atom. The number of phenolic OH excluding ortho intramolecular Hbond substituents is 1. The van der Waals surface area contributed by atoms with Gasteiger partial charge in [-0.25, -0.2) is 5.43 Å². The van der Waals surface area contributed by atoms with Crippen LogP contribution in [0.4, 0.5) is 5.69 Å². The fourth-order valence-electron chi connectivity index (χ4n) is 1.83. The quantitative estimate of drug-likeness (QED) is 0.453. The third kappa shape index (κ3) is 4.57. The van der Waals surface area contributed by atoms with Gasteiger partial charge in [0.1, 0.15) is 0 Å². The molecule has 124 valence electrons. The average molecular weight is 327 g/mol. The van der Waals surface area contributed by atoms with E-state index in [9.17, 15) is 14.7 Å². The summed E-state index contributed by atoms with van der Waals surface area (Å²) in [5.41, 5.74) is 4.22. The summed E-state index contributed by atoms with van der Waals surface area (Å²) in [6.45, 7) is 1.92. The number of benzene rings is 2. The lowest BCUT2D eigenvalue weighted by Crippen LogP contribution is -2.32. The number of nitrogens with one attached hydrogen (secondary N) is 2. The number of carbonyl (C=O) groups is 2. The number of amides is 2. The maximum atomic E-state index is 11.7. The number of hydrogen-bond donors (Lipinski definition) is 3. The minimum atomic E-state index is -0.899. The van der Waals surface area contributed by atoms with Gasteiger partial charge in [-0.05, 0) is 42.8 Å². The normalized spacial score (nSPS) is 10.4. The smallest absolute Gasteiger partial charge is 0.329 e. The van der Waals surface area contributed by atoms with Gasteiger partial charge in [0.2, 0.25) is 0 Å². The van der Waals surface area contributed by atoms with Gasteiger partial charge in [-0.3, -0.25) is 9.59 Å². The fraction of sp³-hybridized carbons (Fsp3) is 0.118. The third-order valence-corrected chi connectivity index (χ3v) is 3.10. The van der Waals surface area contributed by atoms with Crippen molar-refractivity contribution in [3.63, 3.8) is 0 Å². The Morgan fingerprint density at radius 1 is 1.12 bits per heavy atom. The summed E-state index contributed by atoms with van der Waals surface area (Å²) in [6.07, 6.45) is 1.30. The number of aromatic hydroxyl groups is 1. The first kappa shape index (κ1) is 17.0. The number of hydrazone groups is 1. The van der Waals surface area contributed by atoms with Crippen LogP contribution in [-0.4, -0.2) is 30.2 Å². The summed E-state index contributed by atoms with van der Waals surface area (Å²) in [6, 6.07) is 11.7. The number of hydrogen-bond acceptors (Lipinski definition) is 5. The van der Waals surface area contributed by atoms with E-state index in [-0.39, 0.29) is 5.75 Å². The molecule has 0 aromatic heterocycles. The molecule has 0 saturated heterocycles. The molecule has 0 fully saturated rings. The van der Waals surface area contributed by atoms with Crippen molar-refractivity contribution in [3.8, 4) is 11.5 Å². The summed E-state index contributed by atoms with van der Waals surface area (Å²) < 4.78 is 4.92. The number of methoxy groups -OCH3 is 1. The van der Waals surface area contributed by atoms with E-state index in [1.54, 1.807) is 24.3 Å². The van der Waals surface area contributed by atoms with E-state index in [4.69, 9.17) is 4.74 Å². The van der Waals surface area contributed by atoms with Crippen molar-refractivity contribution in [1.82, 2.24) is 5.43 Å². The van der Waals surface area contributed by atoms with Crippen LogP contribution in [-0.2, 0) is 9.59 Å². The van der Waals surface area contributed by atoms with Crippen molar-refractivity contribution in [2.45, 2.75) is 6.92 Å². The predicted octanol–water partition coefficient (Wildman–Crippen LogP) is 1.80. The molecule has 0 radical (unpaired) electrons.